The van der Waals surface area contributed by atoms with Crippen molar-refractivity contribution in [3.05, 3.63) is 30.1 Å². The molecule has 0 heterocycles. The summed E-state index contributed by atoms with van der Waals surface area (Å²) in [6, 6.07) is 4.79. The fraction of sp³-hybridized carbons (Fsp3) is 0.333. The summed E-state index contributed by atoms with van der Waals surface area (Å²) in [6.07, 6.45) is 0. The second-order valence-electron chi connectivity index (χ2n) is 3.19. The summed E-state index contributed by atoms with van der Waals surface area (Å²) in [5, 5.41) is 0. The van der Waals surface area contributed by atoms with Gasteiger partial charge in [0.2, 0.25) is 0 Å². The molecule has 2 N–H and O–H groups in total. The van der Waals surface area contributed by atoms with Gasteiger partial charge in [0.25, 0.3) is 0 Å². The average Bonchev–Trinajstić information content (AvgIpc) is 2.02. The lowest BCUT2D eigenvalue weighted by Gasteiger charge is -2.07. The van der Waals surface area contributed by atoms with Crippen molar-refractivity contribution < 1.29 is 12.8 Å². The molecular formula is C9H12FNO2S. The standard InChI is InChI=1S/C9H12FNO2S/c1-7(11)6-14(12,13)9-5-3-2-4-8(9)10/h2-5,7H,6,11H2,1H3. The van der Waals surface area contributed by atoms with Crippen LogP contribution in [0.1, 0.15) is 6.92 Å². The zero-order valence-corrected chi connectivity index (χ0v) is 8.59. The first-order valence-corrected chi connectivity index (χ1v) is 5.81. The van der Waals surface area contributed by atoms with Gasteiger partial charge in [-0.25, -0.2) is 12.8 Å². The van der Waals surface area contributed by atoms with Crippen molar-refractivity contribution in [2.75, 3.05) is 5.75 Å². The minimum Gasteiger partial charge on any atom is -0.327 e. The van der Waals surface area contributed by atoms with Gasteiger partial charge in [0.15, 0.2) is 9.84 Å². The van der Waals surface area contributed by atoms with E-state index in [2.05, 4.69) is 0 Å². The van der Waals surface area contributed by atoms with Crippen LogP contribution in [-0.4, -0.2) is 20.2 Å². The average molecular weight is 217 g/mol. The van der Waals surface area contributed by atoms with E-state index in [4.69, 9.17) is 5.73 Å². The highest BCUT2D eigenvalue weighted by atomic mass is 32.2. The van der Waals surface area contributed by atoms with Crippen LogP contribution in [0, 0.1) is 5.82 Å². The predicted octanol–water partition coefficient (Wildman–Crippen LogP) is 0.947. The Morgan fingerprint density at radius 1 is 1.43 bits per heavy atom. The number of halogens is 1. The van der Waals surface area contributed by atoms with Crippen LogP contribution in [0.3, 0.4) is 0 Å². The van der Waals surface area contributed by atoms with E-state index in [1.165, 1.54) is 18.2 Å². The summed E-state index contributed by atoms with van der Waals surface area (Å²) in [5.74, 6) is -0.971. The van der Waals surface area contributed by atoms with Crippen molar-refractivity contribution in [1.29, 1.82) is 0 Å². The molecule has 0 saturated carbocycles. The molecule has 0 aliphatic rings. The van der Waals surface area contributed by atoms with Gasteiger partial charge in [0.05, 0.1) is 5.75 Å². The Kier molecular flexibility index (Phi) is 3.23. The number of benzene rings is 1. The van der Waals surface area contributed by atoms with Crippen molar-refractivity contribution in [2.45, 2.75) is 17.9 Å². The van der Waals surface area contributed by atoms with Gasteiger partial charge < -0.3 is 5.73 Å². The monoisotopic (exact) mass is 217 g/mol. The largest absolute Gasteiger partial charge is 0.327 e. The molecule has 0 fully saturated rings. The molecule has 3 nitrogen and oxygen atoms in total. The molecule has 1 rings (SSSR count). The maximum atomic E-state index is 13.1. The zero-order valence-electron chi connectivity index (χ0n) is 7.77. The predicted molar refractivity (Wildman–Crippen MR) is 52.1 cm³/mol. The number of sulfone groups is 1. The zero-order chi connectivity index (χ0) is 10.8. The molecule has 1 aromatic carbocycles. The summed E-state index contributed by atoms with van der Waals surface area (Å²) < 4.78 is 36.2. The molecule has 0 aliphatic carbocycles. The summed E-state index contributed by atoms with van der Waals surface area (Å²) in [4.78, 5) is -0.280. The third kappa shape index (κ3) is 2.52. The summed E-state index contributed by atoms with van der Waals surface area (Å²) >= 11 is 0. The van der Waals surface area contributed by atoms with E-state index < -0.39 is 21.7 Å². The van der Waals surface area contributed by atoms with Gasteiger partial charge in [-0.1, -0.05) is 12.1 Å². The van der Waals surface area contributed by atoms with Crippen LogP contribution in [0.4, 0.5) is 4.39 Å². The van der Waals surface area contributed by atoms with Crippen molar-refractivity contribution in [2.24, 2.45) is 5.73 Å². The lowest BCUT2D eigenvalue weighted by Crippen LogP contribution is -2.26. The Morgan fingerprint density at radius 2 is 2.00 bits per heavy atom. The van der Waals surface area contributed by atoms with E-state index in [-0.39, 0.29) is 10.6 Å². The molecule has 1 unspecified atom stereocenters. The van der Waals surface area contributed by atoms with E-state index in [1.807, 2.05) is 0 Å². The van der Waals surface area contributed by atoms with Gasteiger partial charge in [-0.2, -0.15) is 0 Å². The Morgan fingerprint density at radius 3 is 2.50 bits per heavy atom. The molecule has 0 amide bonds. The smallest absolute Gasteiger partial charge is 0.182 e. The first kappa shape index (κ1) is 11.1. The first-order chi connectivity index (χ1) is 6.43. The van der Waals surface area contributed by atoms with Gasteiger partial charge in [-0.15, -0.1) is 0 Å². The lowest BCUT2D eigenvalue weighted by molar-refractivity contribution is 0.563. The highest BCUT2D eigenvalue weighted by molar-refractivity contribution is 7.91. The van der Waals surface area contributed by atoms with Gasteiger partial charge in [-0.05, 0) is 19.1 Å². The molecule has 1 aromatic rings. The summed E-state index contributed by atoms with van der Waals surface area (Å²) in [7, 11) is -3.59. The van der Waals surface area contributed by atoms with Crippen LogP contribution < -0.4 is 5.73 Å². The van der Waals surface area contributed by atoms with E-state index in [1.54, 1.807) is 6.92 Å². The topological polar surface area (TPSA) is 60.2 Å². The number of nitrogens with two attached hydrogens (primary N) is 1. The van der Waals surface area contributed by atoms with Crippen LogP contribution in [0.15, 0.2) is 29.2 Å². The van der Waals surface area contributed by atoms with Crippen LogP contribution in [-0.2, 0) is 9.84 Å². The molecule has 78 valence electrons. The van der Waals surface area contributed by atoms with Crippen LogP contribution >= 0.6 is 0 Å². The van der Waals surface area contributed by atoms with E-state index >= 15 is 0 Å². The molecule has 5 heteroatoms. The van der Waals surface area contributed by atoms with Crippen LogP contribution in [0.2, 0.25) is 0 Å². The highest BCUT2D eigenvalue weighted by Crippen LogP contribution is 2.15. The lowest BCUT2D eigenvalue weighted by atomic mass is 10.3. The number of hydrogen-bond acceptors (Lipinski definition) is 3. The van der Waals surface area contributed by atoms with Gasteiger partial charge in [0, 0.05) is 6.04 Å². The highest BCUT2D eigenvalue weighted by Gasteiger charge is 2.19. The second kappa shape index (κ2) is 4.06. The fourth-order valence-corrected chi connectivity index (χ4v) is 2.66. The Bertz CT molecular complexity index is 415. The molecule has 0 saturated heterocycles. The summed E-state index contributed by atoms with van der Waals surface area (Å²) in [6.45, 7) is 1.57. The number of hydrogen-bond donors (Lipinski definition) is 1. The summed E-state index contributed by atoms with van der Waals surface area (Å²) in [5.41, 5.74) is 5.36. The van der Waals surface area contributed by atoms with Crippen molar-refractivity contribution in [1.82, 2.24) is 0 Å². The third-order valence-corrected chi connectivity index (χ3v) is 3.62. The molecule has 1 atom stereocenters. The SMILES string of the molecule is CC(N)CS(=O)(=O)c1ccccc1F. The molecule has 0 aromatic heterocycles. The van der Waals surface area contributed by atoms with E-state index in [0.717, 1.165) is 6.07 Å². The molecule has 14 heavy (non-hydrogen) atoms. The second-order valence-corrected chi connectivity index (χ2v) is 5.19. The van der Waals surface area contributed by atoms with Crippen LogP contribution in [0.5, 0.6) is 0 Å². The Balaban J connectivity index is 3.11. The first-order valence-electron chi connectivity index (χ1n) is 4.16. The minimum absolute atomic E-state index is 0.242. The van der Waals surface area contributed by atoms with Crippen LogP contribution in [0.25, 0.3) is 0 Å². The van der Waals surface area contributed by atoms with E-state index in [0.29, 0.717) is 0 Å². The molecular weight excluding hydrogens is 205 g/mol. The Hall–Kier alpha value is -0.940. The quantitative estimate of drug-likeness (QED) is 0.820. The van der Waals surface area contributed by atoms with E-state index in [9.17, 15) is 12.8 Å². The minimum atomic E-state index is -3.59. The van der Waals surface area contributed by atoms with Gasteiger partial charge in [-0.3, -0.25) is 0 Å². The molecule has 0 radical (unpaired) electrons. The molecule has 0 aliphatic heterocycles. The number of rotatable bonds is 3. The van der Waals surface area contributed by atoms with Crippen molar-refractivity contribution in [3.8, 4) is 0 Å². The van der Waals surface area contributed by atoms with Crippen molar-refractivity contribution >= 4 is 9.84 Å². The normalized spacial score (nSPS) is 13.9. The third-order valence-electron chi connectivity index (χ3n) is 1.65. The molecule has 0 bridgehead atoms. The Labute approximate surface area is 82.7 Å². The fourth-order valence-electron chi connectivity index (χ4n) is 1.13. The van der Waals surface area contributed by atoms with Crippen molar-refractivity contribution in [3.63, 3.8) is 0 Å². The van der Waals surface area contributed by atoms with Gasteiger partial charge >= 0.3 is 0 Å². The molecule has 0 spiro atoms. The maximum Gasteiger partial charge on any atom is 0.182 e. The maximum absolute atomic E-state index is 13.1. The van der Waals surface area contributed by atoms with Gasteiger partial charge in [0.1, 0.15) is 10.7 Å².